The number of rotatable bonds is 5. The van der Waals surface area contributed by atoms with Crippen molar-refractivity contribution in [2.75, 3.05) is 26.1 Å². The summed E-state index contributed by atoms with van der Waals surface area (Å²) in [4.78, 5) is 1.22. The Bertz CT molecular complexity index is 324. The lowest BCUT2D eigenvalue weighted by Gasteiger charge is -2.08. The Morgan fingerprint density at radius 3 is 2.94 bits per heavy atom. The van der Waals surface area contributed by atoms with Gasteiger partial charge in [0.1, 0.15) is 5.75 Å². The first-order chi connectivity index (χ1) is 7.88. The van der Waals surface area contributed by atoms with Gasteiger partial charge >= 0.3 is 0 Å². The van der Waals surface area contributed by atoms with Gasteiger partial charge in [0.05, 0.1) is 20.3 Å². The summed E-state index contributed by atoms with van der Waals surface area (Å²) in [6, 6.07) is 8.08. The first-order valence-electron chi connectivity index (χ1n) is 5.38. The van der Waals surface area contributed by atoms with Crippen LogP contribution in [-0.4, -0.2) is 32.4 Å². The van der Waals surface area contributed by atoms with Gasteiger partial charge < -0.3 is 14.2 Å². The lowest BCUT2D eigenvalue weighted by molar-refractivity contribution is -0.0421. The maximum Gasteiger partial charge on any atom is 0.158 e. The second-order valence-corrected chi connectivity index (χ2v) is 4.66. The molecule has 1 fully saturated rings. The van der Waals surface area contributed by atoms with Crippen molar-refractivity contribution in [2.45, 2.75) is 17.6 Å². The highest BCUT2D eigenvalue weighted by Crippen LogP contribution is 2.24. The van der Waals surface area contributed by atoms with Crippen molar-refractivity contribution in [3.05, 3.63) is 24.3 Å². The van der Waals surface area contributed by atoms with Gasteiger partial charge in [0.25, 0.3) is 0 Å². The number of ether oxygens (including phenoxy) is 3. The first kappa shape index (κ1) is 11.8. The van der Waals surface area contributed by atoms with Gasteiger partial charge in [0.2, 0.25) is 0 Å². The van der Waals surface area contributed by atoms with E-state index in [1.54, 1.807) is 18.9 Å². The van der Waals surface area contributed by atoms with Gasteiger partial charge in [-0.05, 0) is 18.2 Å². The van der Waals surface area contributed by atoms with Gasteiger partial charge in [-0.3, -0.25) is 0 Å². The molecule has 0 bridgehead atoms. The van der Waals surface area contributed by atoms with E-state index in [1.165, 1.54) is 4.90 Å². The number of hydrogen-bond donors (Lipinski definition) is 0. The molecule has 1 aliphatic rings. The molecule has 0 saturated carbocycles. The molecule has 1 saturated heterocycles. The van der Waals surface area contributed by atoms with E-state index in [2.05, 4.69) is 6.07 Å². The van der Waals surface area contributed by atoms with Crippen LogP contribution in [0.25, 0.3) is 0 Å². The van der Waals surface area contributed by atoms with Crippen molar-refractivity contribution in [3.63, 3.8) is 0 Å². The number of thioether (sulfide) groups is 1. The third kappa shape index (κ3) is 3.40. The third-order valence-electron chi connectivity index (χ3n) is 2.35. The summed E-state index contributed by atoms with van der Waals surface area (Å²) < 4.78 is 15.9. The average molecular weight is 240 g/mol. The minimum absolute atomic E-state index is 0.00175. The molecule has 0 spiro atoms. The molecule has 3 nitrogen and oxygen atoms in total. The third-order valence-corrected chi connectivity index (χ3v) is 3.38. The van der Waals surface area contributed by atoms with Gasteiger partial charge in [-0.1, -0.05) is 6.07 Å². The van der Waals surface area contributed by atoms with Crippen LogP contribution in [0.1, 0.15) is 6.42 Å². The lowest BCUT2D eigenvalue weighted by atomic mass is 10.3. The second kappa shape index (κ2) is 6.13. The average Bonchev–Trinajstić information content (AvgIpc) is 2.82. The molecule has 0 aromatic heterocycles. The Balaban J connectivity index is 1.75. The van der Waals surface area contributed by atoms with E-state index >= 15 is 0 Å². The summed E-state index contributed by atoms with van der Waals surface area (Å²) in [7, 11) is 1.68. The van der Waals surface area contributed by atoms with Gasteiger partial charge in [0.15, 0.2) is 6.29 Å². The van der Waals surface area contributed by atoms with Gasteiger partial charge in [-0.2, -0.15) is 0 Å². The molecule has 0 radical (unpaired) electrons. The monoisotopic (exact) mass is 240 g/mol. The zero-order valence-electron chi connectivity index (χ0n) is 9.35. The van der Waals surface area contributed by atoms with Crippen LogP contribution < -0.4 is 4.74 Å². The predicted octanol–water partition coefficient (Wildman–Crippen LogP) is 2.55. The maximum absolute atomic E-state index is 5.38. The molecule has 88 valence electrons. The molecule has 0 atom stereocenters. The van der Waals surface area contributed by atoms with Gasteiger partial charge in [-0.25, -0.2) is 0 Å². The van der Waals surface area contributed by atoms with E-state index in [4.69, 9.17) is 14.2 Å². The second-order valence-electron chi connectivity index (χ2n) is 3.49. The number of methoxy groups -OCH3 is 1. The zero-order valence-corrected chi connectivity index (χ0v) is 10.2. The van der Waals surface area contributed by atoms with Crippen LogP contribution in [0.4, 0.5) is 0 Å². The fourth-order valence-corrected chi connectivity index (χ4v) is 2.46. The van der Waals surface area contributed by atoms with Crippen molar-refractivity contribution < 1.29 is 14.2 Å². The smallest absolute Gasteiger partial charge is 0.158 e. The summed E-state index contributed by atoms with van der Waals surface area (Å²) in [5.74, 6) is 1.90. The van der Waals surface area contributed by atoms with Crippen LogP contribution in [-0.2, 0) is 9.47 Å². The molecule has 4 heteroatoms. The van der Waals surface area contributed by atoms with Crippen molar-refractivity contribution in [1.29, 1.82) is 0 Å². The van der Waals surface area contributed by atoms with E-state index in [-0.39, 0.29) is 6.29 Å². The number of hydrogen-bond acceptors (Lipinski definition) is 4. The first-order valence-corrected chi connectivity index (χ1v) is 6.37. The predicted molar refractivity (Wildman–Crippen MR) is 64.0 cm³/mol. The molecule has 0 N–H and O–H groups in total. The summed E-state index contributed by atoms with van der Waals surface area (Å²) >= 11 is 1.80. The summed E-state index contributed by atoms with van der Waals surface area (Å²) in [5, 5.41) is 0. The van der Waals surface area contributed by atoms with Crippen LogP contribution in [0.5, 0.6) is 5.75 Å². The SMILES string of the molecule is COc1cccc(SCCC2OCCO2)c1. The van der Waals surface area contributed by atoms with Crippen molar-refractivity contribution in [2.24, 2.45) is 0 Å². The minimum Gasteiger partial charge on any atom is -0.497 e. The summed E-state index contributed by atoms with van der Waals surface area (Å²) in [6.45, 7) is 1.46. The van der Waals surface area contributed by atoms with Crippen LogP contribution in [0.3, 0.4) is 0 Å². The quantitative estimate of drug-likeness (QED) is 0.739. The topological polar surface area (TPSA) is 27.7 Å². The molecule has 0 aliphatic carbocycles. The standard InChI is InChI=1S/C12H16O3S/c1-13-10-3-2-4-11(9-10)16-8-5-12-14-6-7-15-12/h2-4,9,12H,5-8H2,1H3. The zero-order chi connectivity index (χ0) is 11.2. The Morgan fingerprint density at radius 2 is 2.19 bits per heavy atom. The van der Waals surface area contributed by atoms with E-state index in [9.17, 15) is 0 Å². The normalized spacial score (nSPS) is 16.6. The Labute approximate surface area is 100 Å². The van der Waals surface area contributed by atoms with Crippen LogP contribution in [0, 0.1) is 0 Å². The van der Waals surface area contributed by atoms with Crippen LogP contribution >= 0.6 is 11.8 Å². The fourth-order valence-electron chi connectivity index (χ4n) is 1.54. The highest BCUT2D eigenvalue weighted by molar-refractivity contribution is 7.99. The van der Waals surface area contributed by atoms with Crippen molar-refractivity contribution >= 4 is 11.8 Å². The van der Waals surface area contributed by atoms with Gasteiger partial charge in [0, 0.05) is 17.1 Å². The minimum atomic E-state index is -0.00175. The summed E-state index contributed by atoms with van der Waals surface area (Å²) in [6.07, 6.45) is 0.931. The molecule has 1 aliphatic heterocycles. The van der Waals surface area contributed by atoms with Gasteiger partial charge in [-0.15, -0.1) is 11.8 Å². The molecule has 0 amide bonds. The van der Waals surface area contributed by atoms with Crippen molar-refractivity contribution in [3.8, 4) is 5.75 Å². The summed E-state index contributed by atoms with van der Waals surface area (Å²) in [5.41, 5.74) is 0. The Kier molecular flexibility index (Phi) is 4.51. The number of benzene rings is 1. The maximum atomic E-state index is 5.38. The molecule has 2 rings (SSSR count). The van der Waals surface area contributed by atoms with Crippen LogP contribution in [0.15, 0.2) is 29.2 Å². The molecule has 0 unspecified atom stereocenters. The highest BCUT2D eigenvalue weighted by Gasteiger charge is 2.15. The molecule has 1 aromatic carbocycles. The highest BCUT2D eigenvalue weighted by atomic mass is 32.2. The molecular formula is C12H16O3S. The molecular weight excluding hydrogens is 224 g/mol. The van der Waals surface area contributed by atoms with E-state index in [0.717, 1.165) is 31.1 Å². The molecule has 1 heterocycles. The lowest BCUT2D eigenvalue weighted by Crippen LogP contribution is -2.08. The molecule has 1 aromatic rings. The van der Waals surface area contributed by atoms with E-state index < -0.39 is 0 Å². The van der Waals surface area contributed by atoms with Crippen LogP contribution in [0.2, 0.25) is 0 Å². The largest absolute Gasteiger partial charge is 0.497 e. The Morgan fingerprint density at radius 1 is 1.38 bits per heavy atom. The van der Waals surface area contributed by atoms with Crippen molar-refractivity contribution in [1.82, 2.24) is 0 Å². The molecule has 16 heavy (non-hydrogen) atoms. The fraction of sp³-hybridized carbons (Fsp3) is 0.500. The van der Waals surface area contributed by atoms with E-state index in [0.29, 0.717) is 0 Å². The Hall–Kier alpha value is -0.710. The van der Waals surface area contributed by atoms with E-state index in [1.807, 2.05) is 18.2 Å².